The van der Waals surface area contributed by atoms with Gasteiger partial charge in [0.2, 0.25) is 5.91 Å². The molecule has 2 aliphatic carbocycles. The Morgan fingerprint density at radius 2 is 1.90 bits per heavy atom. The number of aromatic amines is 1. The summed E-state index contributed by atoms with van der Waals surface area (Å²) in [6, 6.07) is 8.56. The first-order chi connectivity index (χ1) is 14.2. The summed E-state index contributed by atoms with van der Waals surface area (Å²) >= 11 is 6.33. The predicted octanol–water partition coefficient (Wildman–Crippen LogP) is 4.53. The van der Waals surface area contributed by atoms with Gasteiger partial charge in [0.1, 0.15) is 16.6 Å². The molecule has 6 nitrogen and oxygen atoms in total. The molecule has 2 fully saturated rings. The molecule has 5 rings (SSSR count). The topological polar surface area (TPSA) is 82.7 Å². The Kier molecular flexibility index (Phi) is 4.87. The zero-order valence-electron chi connectivity index (χ0n) is 16.1. The Balaban J connectivity index is 1.27. The number of amides is 1. The second-order valence-electron chi connectivity index (χ2n) is 8.14. The van der Waals surface area contributed by atoms with E-state index < -0.39 is 0 Å². The highest BCUT2D eigenvalue weighted by Crippen LogP contribution is 2.32. The Labute approximate surface area is 174 Å². The van der Waals surface area contributed by atoms with E-state index in [1.807, 2.05) is 30.5 Å². The largest absolute Gasteiger partial charge is 0.367 e. The van der Waals surface area contributed by atoms with Crippen molar-refractivity contribution in [1.82, 2.24) is 20.3 Å². The Morgan fingerprint density at radius 1 is 1.10 bits per heavy atom. The lowest BCUT2D eigenvalue weighted by Crippen LogP contribution is -2.40. The molecule has 1 amide bonds. The monoisotopic (exact) mass is 409 g/mol. The number of anilines is 1. The SMILES string of the molecule is O=C(N[C@H]1CC[C@H](Nc2cc(-c3c[nH]c4ncccc34)cc(Cl)n2)CC1)C1CC1. The standard InChI is InChI=1S/C22H24ClN5O/c23-19-10-14(18-12-25-21-17(18)2-1-9-24-21)11-20(28-19)26-15-5-7-16(8-6-15)27-22(29)13-3-4-13/h1-2,9-13,15-16H,3-8H2,(H,24,25)(H,26,28)(H,27,29)/t15-,16-. The predicted molar refractivity (Wildman–Crippen MR) is 115 cm³/mol. The molecule has 0 radical (unpaired) electrons. The van der Waals surface area contributed by atoms with Gasteiger partial charge < -0.3 is 15.6 Å². The van der Waals surface area contributed by atoms with Crippen LogP contribution in [0.1, 0.15) is 38.5 Å². The van der Waals surface area contributed by atoms with Crippen molar-refractivity contribution in [2.45, 2.75) is 50.6 Å². The van der Waals surface area contributed by atoms with E-state index in [1.165, 1.54) is 0 Å². The van der Waals surface area contributed by atoms with Gasteiger partial charge in [-0.15, -0.1) is 0 Å². The molecule has 3 aromatic rings. The maximum atomic E-state index is 12.0. The highest BCUT2D eigenvalue weighted by atomic mass is 35.5. The summed E-state index contributed by atoms with van der Waals surface area (Å²) in [6.45, 7) is 0. The van der Waals surface area contributed by atoms with E-state index in [0.29, 0.717) is 17.2 Å². The molecule has 0 bridgehead atoms. The van der Waals surface area contributed by atoms with Crippen molar-refractivity contribution in [3.63, 3.8) is 0 Å². The normalized spacial score (nSPS) is 21.8. The highest BCUT2D eigenvalue weighted by molar-refractivity contribution is 6.29. The number of fused-ring (bicyclic) bond motifs is 1. The number of hydrogen-bond acceptors (Lipinski definition) is 4. The molecule has 2 saturated carbocycles. The van der Waals surface area contributed by atoms with Crippen LogP contribution in [0.25, 0.3) is 22.2 Å². The van der Waals surface area contributed by atoms with E-state index in [-0.39, 0.29) is 11.8 Å². The second kappa shape index (κ2) is 7.67. The second-order valence-corrected chi connectivity index (χ2v) is 8.53. The minimum atomic E-state index is 0.246. The van der Waals surface area contributed by atoms with Crippen LogP contribution in [0.2, 0.25) is 5.15 Å². The van der Waals surface area contributed by atoms with E-state index >= 15 is 0 Å². The van der Waals surface area contributed by atoms with Gasteiger partial charge >= 0.3 is 0 Å². The van der Waals surface area contributed by atoms with Crippen molar-refractivity contribution >= 4 is 34.4 Å². The fraction of sp³-hybridized carbons (Fsp3) is 0.409. The fourth-order valence-corrected chi connectivity index (χ4v) is 4.39. The molecule has 0 saturated heterocycles. The van der Waals surface area contributed by atoms with Gasteiger partial charge in [-0.25, -0.2) is 9.97 Å². The van der Waals surface area contributed by atoms with Gasteiger partial charge in [0.15, 0.2) is 0 Å². The van der Waals surface area contributed by atoms with Crippen LogP contribution >= 0.6 is 11.6 Å². The Bertz CT molecular complexity index is 1040. The van der Waals surface area contributed by atoms with Gasteiger partial charge in [0, 0.05) is 41.3 Å². The van der Waals surface area contributed by atoms with Crippen LogP contribution < -0.4 is 10.6 Å². The van der Waals surface area contributed by atoms with Crippen LogP contribution in [0.4, 0.5) is 5.82 Å². The summed E-state index contributed by atoms with van der Waals surface area (Å²) in [5.41, 5.74) is 2.93. The number of nitrogens with one attached hydrogen (secondary N) is 3. The molecule has 0 aromatic carbocycles. The fourth-order valence-electron chi connectivity index (χ4n) is 4.18. The number of carbonyl (C=O) groups excluding carboxylic acids is 1. The van der Waals surface area contributed by atoms with E-state index in [4.69, 9.17) is 11.6 Å². The minimum Gasteiger partial charge on any atom is -0.367 e. The van der Waals surface area contributed by atoms with Crippen molar-refractivity contribution < 1.29 is 4.79 Å². The van der Waals surface area contributed by atoms with E-state index in [0.717, 1.165) is 66.5 Å². The smallest absolute Gasteiger partial charge is 0.223 e. The van der Waals surface area contributed by atoms with Gasteiger partial charge in [-0.05, 0) is 68.4 Å². The minimum absolute atomic E-state index is 0.246. The van der Waals surface area contributed by atoms with Crippen LogP contribution in [0.3, 0.4) is 0 Å². The molecule has 0 atom stereocenters. The molecule has 0 unspecified atom stereocenters. The summed E-state index contributed by atoms with van der Waals surface area (Å²) in [7, 11) is 0. The van der Waals surface area contributed by atoms with Gasteiger partial charge in [-0.2, -0.15) is 0 Å². The molecule has 150 valence electrons. The number of H-pyrrole nitrogens is 1. The van der Waals surface area contributed by atoms with Gasteiger partial charge in [-0.3, -0.25) is 4.79 Å². The molecule has 3 aromatic heterocycles. The molecule has 3 N–H and O–H groups in total. The molecule has 7 heteroatoms. The average Bonchev–Trinajstić information content (AvgIpc) is 3.48. The van der Waals surface area contributed by atoms with Crippen molar-refractivity contribution in [3.8, 4) is 11.1 Å². The molecule has 2 aliphatic rings. The van der Waals surface area contributed by atoms with Gasteiger partial charge in [0.25, 0.3) is 0 Å². The van der Waals surface area contributed by atoms with Crippen molar-refractivity contribution in [3.05, 3.63) is 41.8 Å². The first-order valence-corrected chi connectivity index (χ1v) is 10.7. The third-order valence-corrected chi connectivity index (χ3v) is 6.12. The lowest BCUT2D eigenvalue weighted by atomic mass is 9.91. The average molecular weight is 410 g/mol. The van der Waals surface area contributed by atoms with Crippen molar-refractivity contribution in [1.29, 1.82) is 0 Å². The van der Waals surface area contributed by atoms with E-state index in [1.54, 1.807) is 6.20 Å². The first-order valence-electron chi connectivity index (χ1n) is 10.3. The Morgan fingerprint density at radius 3 is 2.69 bits per heavy atom. The molecule has 29 heavy (non-hydrogen) atoms. The summed E-state index contributed by atoms with van der Waals surface area (Å²) in [4.78, 5) is 24.0. The third kappa shape index (κ3) is 4.08. The summed E-state index contributed by atoms with van der Waals surface area (Å²) in [6.07, 6.45) is 9.86. The number of aromatic nitrogens is 3. The molecular formula is C22H24ClN5O. The number of rotatable bonds is 5. The molecule has 0 aliphatic heterocycles. The number of pyridine rings is 2. The number of nitrogens with zero attached hydrogens (tertiary/aromatic N) is 2. The van der Waals surface area contributed by atoms with E-state index in [9.17, 15) is 4.79 Å². The zero-order chi connectivity index (χ0) is 19.8. The molecular weight excluding hydrogens is 386 g/mol. The maximum Gasteiger partial charge on any atom is 0.223 e. The van der Waals surface area contributed by atoms with Crippen LogP contribution in [-0.4, -0.2) is 32.9 Å². The van der Waals surface area contributed by atoms with Crippen LogP contribution in [0.15, 0.2) is 36.7 Å². The van der Waals surface area contributed by atoms with Crippen LogP contribution in [0.5, 0.6) is 0 Å². The van der Waals surface area contributed by atoms with Crippen molar-refractivity contribution in [2.75, 3.05) is 5.32 Å². The number of halogens is 1. The molecule has 3 heterocycles. The third-order valence-electron chi connectivity index (χ3n) is 5.93. The lowest BCUT2D eigenvalue weighted by Gasteiger charge is -2.30. The number of hydrogen-bond donors (Lipinski definition) is 3. The first kappa shape index (κ1) is 18.4. The zero-order valence-corrected chi connectivity index (χ0v) is 16.9. The quantitative estimate of drug-likeness (QED) is 0.541. The summed E-state index contributed by atoms with van der Waals surface area (Å²) in [5, 5.41) is 8.28. The molecule has 0 spiro atoms. The lowest BCUT2D eigenvalue weighted by molar-refractivity contribution is -0.123. The van der Waals surface area contributed by atoms with Gasteiger partial charge in [-0.1, -0.05) is 11.6 Å². The van der Waals surface area contributed by atoms with E-state index in [2.05, 4.69) is 25.6 Å². The van der Waals surface area contributed by atoms with Crippen molar-refractivity contribution in [2.24, 2.45) is 5.92 Å². The van der Waals surface area contributed by atoms with Crippen LogP contribution in [-0.2, 0) is 4.79 Å². The summed E-state index contributed by atoms with van der Waals surface area (Å²) in [5.74, 6) is 1.31. The summed E-state index contributed by atoms with van der Waals surface area (Å²) < 4.78 is 0. The van der Waals surface area contributed by atoms with Gasteiger partial charge in [0.05, 0.1) is 0 Å². The van der Waals surface area contributed by atoms with Crippen LogP contribution in [0, 0.1) is 5.92 Å². The maximum absolute atomic E-state index is 12.0. The highest BCUT2D eigenvalue weighted by Gasteiger charge is 2.32. The number of carbonyl (C=O) groups is 1. The Hall–Kier alpha value is -2.60.